The highest BCUT2D eigenvalue weighted by atomic mass is 16.3. The molecule has 1 N–H and O–H groups in total. The van der Waals surface area contributed by atoms with Gasteiger partial charge in [0.2, 0.25) is 0 Å². The van der Waals surface area contributed by atoms with Crippen LogP contribution in [-0.2, 0) is 5.60 Å². The van der Waals surface area contributed by atoms with E-state index < -0.39 is 5.60 Å². The van der Waals surface area contributed by atoms with Gasteiger partial charge in [0.1, 0.15) is 0 Å². The molecule has 0 atom stereocenters. The highest BCUT2D eigenvalue weighted by Gasteiger charge is 2.37. The Hall–Kier alpha value is -0.890. The molecule has 1 aromatic heterocycles. The molecule has 1 aromatic rings. The fourth-order valence-electron chi connectivity index (χ4n) is 1.73. The van der Waals surface area contributed by atoms with Crippen molar-refractivity contribution in [2.45, 2.75) is 31.8 Å². The van der Waals surface area contributed by atoms with Crippen LogP contribution >= 0.6 is 0 Å². The normalized spacial score (nSPS) is 20.2. The summed E-state index contributed by atoms with van der Waals surface area (Å²) in [5, 5.41) is 10.0. The molecule has 0 unspecified atom stereocenters. The van der Waals surface area contributed by atoms with Crippen molar-refractivity contribution in [3.05, 3.63) is 29.6 Å². The van der Waals surface area contributed by atoms with E-state index in [2.05, 4.69) is 4.98 Å². The van der Waals surface area contributed by atoms with E-state index in [4.69, 9.17) is 0 Å². The van der Waals surface area contributed by atoms with Gasteiger partial charge >= 0.3 is 0 Å². The molecule has 0 radical (unpaired) electrons. The molecule has 64 valence electrons. The lowest BCUT2D eigenvalue weighted by molar-refractivity contribution is -0.0395. The molecule has 0 aromatic carbocycles. The van der Waals surface area contributed by atoms with Gasteiger partial charge in [-0.05, 0) is 37.8 Å². The lowest BCUT2D eigenvalue weighted by Gasteiger charge is -2.37. The molecule has 1 heterocycles. The van der Waals surface area contributed by atoms with Gasteiger partial charge in [-0.25, -0.2) is 0 Å². The topological polar surface area (TPSA) is 33.1 Å². The lowest BCUT2D eigenvalue weighted by Crippen LogP contribution is -2.34. The number of aromatic nitrogens is 1. The maximum absolute atomic E-state index is 10.0. The average Bonchev–Trinajstić information content (AvgIpc) is 2.01. The van der Waals surface area contributed by atoms with Crippen LogP contribution in [-0.4, -0.2) is 10.1 Å². The SMILES string of the molecule is Cc1ccncc1C1(O)CCC1. The Morgan fingerprint density at radius 3 is 2.75 bits per heavy atom. The smallest absolute Gasteiger partial charge is 0.0914 e. The number of aliphatic hydroxyl groups is 1. The Morgan fingerprint density at radius 1 is 1.50 bits per heavy atom. The minimum absolute atomic E-state index is 0.557. The summed E-state index contributed by atoms with van der Waals surface area (Å²) in [7, 11) is 0. The Labute approximate surface area is 72.3 Å². The predicted octanol–water partition coefficient (Wildman–Crippen LogP) is 1.76. The first kappa shape index (κ1) is 7.74. The lowest BCUT2D eigenvalue weighted by atomic mass is 9.74. The van der Waals surface area contributed by atoms with Crippen molar-refractivity contribution >= 4 is 0 Å². The van der Waals surface area contributed by atoms with Crippen LogP contribution in [0.5, 0.6) is 0 Å². The second kappa shape index (κ2) is 2.56. The van der Waals surface area contributed by atoms with E-state index in [-0.39, 0.29) is 0 Å². The van der Waals surface area contributed by atoms with E-state index in [0.717, 1.165) is 30.4 Å². The van der Waals surface area contributed by atoms with E-state index in [1.54, 1.807) is 12.4 Å². The molecule has 0 bridgehead atoms. The summed E-state index contributed by atoms with van der Waals surface area (Å²) in [6, 6.07) is 1.95. The Kier molecular flexibility index (Phi) is 1.65. The largest absolute Gasteiger partial charge is 0.385 e. The van der Waals surface area contributed by atoms with Crippen LogP contribution < -0.4 is 0 Å². The zero-order valence-electron chi connectivity index (χ0n) is 7.25. The van der Waals surface area contributed by atoms with E-state index in [1.165, 1.54) is 0 Å². The van der Waals surface area contributed by atoms with E-state index >= 15 is 0 Å². The Morgan fingerprint density at radius 2 is 2.25 bits per heavy atom. The maximum atomic E-state index is 10.0. The molecule has 2 heteroatoms. The van der Waals surface area contributed by atoms with Crippen LogP contribution in [0.3, 0.4) is 0 Å². The zero-order valence-corrected chi connectivity index (χ0v) is 7.25. The first-order chi connectivity index (χ1) is 5.72. The van der Waals surface area contributed by atoms with Crippen molar-refractivity contribution in [1.82, 2.24) is 4.98 Å². The first-order valence-corrected chi connectivity index (χ1v) is 4.36. The van der Waals surface area contributed by atoms with Gasteiger partial charge in [0, 0.05) is 18.0 Å². The molecule has 2 nitrogen and oxygen atoms in total. The highest BCUT2D eigenvalue weighted by molar-refractivity contribution is 5.29. The summed E-state index contributed by atoms with van der Waals surface area (Å²) in [6.45, 7) is 2.02. The fourth-order valence-corrected chi connectivity index (χ4v) is 1.73. The standard InChI is InChI=1S/C10H13NO/c1-8-3-6-11-7-9(8)10(12)4-2-5-10/h3,6-7,12H,2,4-5H2,1H3. The van der Waals surface area contributed by atoms with Crippen LogP contribution in [0, 0.1) is 6.92 Å². The van der Waals surface area contributed by atoms with Crippen molar-refractivity contribution in [2.75, 3.05) is 0 Å². The summed E-state index contributed by atoms with van der Waals surface area (Å²) in [5.74, 6) is 0. The van der Waals surface area contributed by atoms with Gasteiger partial charge in [0.25, 0.3) is 0 Å². The number of aryl methyl sites for hydroxylation is 1. The molecular formula is C10H13NO. The minimum Gasteiger partial charge on any atom is -0.385 e. The quantitative estimate of drug-likeness (QED) is 0.684. The molecule has 1 aliphatic carbocycles. The van der Waals surface area contributed by atoms with Crippen molar-refractivity contribution in [1.29, 1.82) is 0 Å². The molecule has 12 heavy (non-hydrogen) atoms. The number of hydrogen-bond acceptors (Lipinski definition) is 2. The fraction of sp³-hybridized carbons (Fsp3) is 0.500. The van der Waals surface area contributed by atoms with E-state index in [1.807, 2.05) is 13.0 Å². The third-order valence-electron chi connectivity index (χ3n) is 2.72. The monoisotopic (exact) mass is 163 g/mol. The van der Waals surface area contributed by atoms with Gasteiger partial charge in [0.15, 0.2) is 0 Å². The van der Waals surface area contributed by atoms with Gasteiger partial charge in [-0.2, -0.15) is 0 Å². The second-order valence-electron chi connectivity index (χ2n) is 3.58. The summed E-state index contributed by atoms with van der Waals surface area (Å²) in [5.41, 5.74) is 1.60. The molecule has 1 fully saturated rings. The van der Waals surface area contributed by atoms with E-state index in [0.29, 0.717) is 0 Å². The van der Waals surface area contributed by atoms with Gasteiger partial charge in [-0.15, -0.1) is 0 Å². The minimum atomic E-state index is -0.557. The van der Waals surface area contributed by atoms with Crippen LogP contribution in [0.4, 0.5) is 0 Å². The number of rotatable bonds is 1. The molecule has 0 amide bonds. The summed E-state index contributed by atoms with van der Waals surface area (Å²) in [4.78, 5) is 4.03. The first-order valence-electron chi connectivity index (χ1n) is 4.36. The summed E-state index contributed by atoms with van der Waals surface area (Å²) in [6.07, 6.45) is 6.46. The van der Waals surface area contributed by atoms with Gasteiger partial charge in [0.05, 0.1) is 5.60 Å². The molecule has 0 aliphatic heterocycles. The average molecular weight is 163 g/mol. The number of pyridine rings is 1. The number of hydrogen-bond donors (Lipinski definition) is 1. The zero-order chi connectivity index (χ0) is 8.60. The van der Waals surface area contributed by atoms with Crippen molar-refractivity contribution in [3.8, 4) is 0 Å². The predicted molar refractivity (Wildman–Crippen MR) is 46.7 cm³/mol. The summed E-state index contributed by atoms with van der Waals surface area (Å²) < 4.78 is 0. The van der Waals surface area contributed by atoms with Gasteiger partial charge in [-0.1, -0.05) is 0 Å². The Balaban J connectivity index is 2.39. The van der Waals surface area contributed by atoms with Crippen LogP contribution in [0.15, 0.2) is 18.5 Å². The van der Waals surface area contributed by atoms with E-state index in [9.17, 15) is 5.11 Å². The van der Waals surface area contributed by atoms with Crippen LogP contribution in [0.1, 0.15) is 30.4 Å². The van der Waals surface area contributed by atoms with Crippen LogP contribution in [0.2, 0.25) is 0 Å². The van der Waals surface area contributed by atoms with Crippen molar-refractivity contribution < 1.29 is 5.11 Å². The second-order valence-corrected chi connectivity index (χ2v) is 3.58. The van der Waals surface area contributed by atoms with Gasteiger partial charge < -0.3 is 5.11 Å². The highest BCUT2D eigenvalue weighted by Crippen LogP contribution is 2.41. The third kappa shape index (κ3) is 1.03. The molecular weight excluding hydrogens is 150 g/mol. The molecule has 2 rings (SSSR count). The van der Waals surface area contributed by atoms with Crippen molar-refractivity contribution in [3.63, 3.8) is 0 Å². The molecule has 0 spiro atoms. The maximum Gasteiger partial charge on any atom is 0.0914 e. The number of nitrogens with zero attached hydrogens (tertiary/aromatic N) is 1. The van der Waals surface area contributed by atoms with Crippen molar-refractivity contribution in [2.24, 2.45) is 0 Å². The summed E-state index contributed by atoms with van der Waals surface area (Å²) >= 11 is 0. The van der Waals surface area contributed by atoms with Gasteiger partial charge in [-0.3, -0.25) is 4.98 Å². The van der Waals surface area contributed by atoms with Crippen LogP contribution in [0.25, 0.3) is 0 Å². The molecule has 1 aliphatic rings. The molecule has 0 saturated heterocycles. The Bertz CT molecular complexity index is 292. The molecule has 1 saturated carbocycles. The third-order valence-corrected chi connectivity index (χ3v) is 2.72.